The number of anilines is 1. The van der Waals surface area contributed by atoms with E-state index in [0.29, 0.717) is 16.7 Å². The van der Waals surface area contributed by atoms with Crippen LogP contribution in [0.4, 0.5) is 15.3 Å². The van der Waals surface area contributed by atoms with Crippen LogP contribution in [0.2, 0.25) is 0 Å². The Morgan fingerprint density at radius 1 is 1.03 bits per heavy atom. The molecule has 0 fully saturated rings. The summed E-state index contributed by atoms with van der Waals surface area (Å²) in [6, 6.07) is 17.6. The molecule has 0 radical (unpaired) electrons. The van der Waals surface area contributed by atoms with Crippen molar-refractivity contribution in [2.75, 3.05) is 5.32 Å². The quantitative estimate of drug-likeness (QED) is 0.196. The number of nitrogens with one attached hydrogen (secondary N) is 1. The van der Waals surface area contributed by atoms with Crippen molar-refractivity contribution in [1.29, 1.82) is 0 Å². The highest BCUT2D eigenvalue weighted by molar-refractivity contribution is 7.86. The molecule has 0 saturated heterocycles. The average Bonchev–Trinajstić information content (AvgIpc) is 2.72. The number of amides is 1. The minimum Gasteiger partial charge on any atom is -0.322 e. The molecule has 3 aromatic rings. The molecule has 0 bridgehead atoms. The number of carbonyl (C=O) groups excluding carboxylic acids is 1. The van der Waals surface area contributed by atoms with E-state index in [1.807, 2.05) is 19.1 Å². The largest absolute Gasteiger partial charge is 0.332 e. The van der Waals surface area contributed by atoms with E-state index in [1.165, 1.54) is 36.4 Å². The Kier molecular flexibility index (Phi) is 6.26. The number of aryl methyl sites for hydroxylation is 1. The summed E-state index contributed by atoms with van der Waals surface area (Å²) < 4.78 is 35.0. The summed E-state index contributed by atoms with van der Waals surface area (Å²) in [5.74, 6) is -0.486. The molecule has 0 atom stereocenters. The van der Waals surface area contributed by atoms with E-state index in [4.69, 9.17) is 0 Å². The number of non-ortho nitro benzene ring substituents is 1. The van der Waals surface area contributed by atoms with Crippen LogP contribution in [0.25, 0.3) is 11.6 Å². The van der Waals surface area contributed by atoms with Gasteiger partial charge < -0.3 is 5.32 Å². The van der Waals surface area contributed by atoms with Gasteiger partial charge in [-0.3, -0.25) is 14.9 Å². The molecule has 1 N–H and O–H groups in total. The Morgan fingerprint density at radius 3 is 2.23 bits per heavy atom. The zero-order chi connectivity index (χ0) is 22.6. The van der Waals surface area contributed by atoms with E-state index in [1.54, 1.807) is 18.2 Å². The number of nitro benzene ring substituents is 1. The fourth-order valence-electron chi connectivity index (χ4n) is 2.85. The molecule has 3 rings (SSSR count). The van der Waals surface area contributed by atoms with Gasteiger partial charge in [-0.05, 0) is 60.5 Å². The molecule has 0 aliphatic rings. The van der Waals surface area contributed by atoms with Crippen molar-refractivity contribution in [3.8, 4) is 0 Å². The summed E-state index contributed by atoms with van der Waals surface area (Å²) in [4.78, 5) is 22.8. The highest BCUT2D eigenvalue weighted by Gasteiger charge is 2.15. The maximum atomic E-state index is 13.1. The Hall–Kier alpha value is -3.85. The average molecular weight is 440 g/mol. The van der Waals surface area contributed by atoms with Gasteiger partial charge in [-0.15, -0.1) is 3.89 Å². The zero-order valence-corrected chi connectivity index (χ0v) is 17.1. The number of halogens is 1. The van der Waals surface area contributed by atoms with Crippen molar-refractivity contribution in [2.24, 2.45) is 0 Å². The van der Waals surface area contributed by atoms with E-state index < -0.39 is 25.9 Å². The van der Waals surface area contributed by atoms with E-state index in [2.05, 4.69) is 5.32 Å². The predicted molar refractivity (Wildman–Crippen MR) is 116 cm³/mol. The molecule has 0 heterocycles. The lowest BCUT2D eigenvalue weighted by molar-refractivity contribution is -0.384. The number of nitro groups is 1. The lowest BCUT2D eigenvalue weighted by atomic mass is 10.00. The van der Waals surface area contributed by atoms with Gasteiger partial charge in [0.15, 0.2) is 0 Å². The van der Waals surface area contributed by atoms with Gasteiger partial charge in [0, 0.05) is 23.4 Å². The second-order valence-corrected chi connectivity index (χ2v) is 8.04. The van der Waals surface area contributed by atoms with Gasteiger partial charge in [-0.1, -0.05) is 29.8 Å². The minimum absolute atomic E-state index is 0.0680. The van der Waals surface area contributed by atoms with Crippen molar-refractivity contribution in [2.45, 2.75) is 11.8 Å². The third-order valence-corrected chi connectivity index (χ3v) is 5.22. The molecule has 0 saturated carbocycles. The Morgan fingerprint density at radius 2 is 1.68 bits per heavy atom. The van der Waals surface area contributed by atoms with E-state index in [9.17, 15) is 27.2 Å². The first-order valence-corrected chi connectivity index (χ1v) is 10.4. The number of rotatable bonds is 6. The SMILES string of the molecule is Cc1cccc(/C(=C\c2ccc([N+](=O)[O-])cc2)C(=O)Nc2ccc(S(=O)(=O)F)cc2)c1. The lowest BCUT2D eigenvalue weighted by Crippen LogP contribution is -2.14. The first-order valence-electron chi connectivity index (χ1n) is 9.03. The molecule has 3 aromatic carbocycles. The third-order valence-electron chi connectivity index (χ3n) is 4.38. The second-order valence-electron chi connectivity index (χ2n) is 6.69. The van der Waals surface area contributed by atoms with Gasteiger partial charge in [-0.2, -0.15) is 8.42 Å². The lowest BCUT2D eigenvalue weighted by Gasteiger charge is -2.11. The molecule has 7 nitrogen and oxygen atoms in total. The number of nitrogens with zero attached hydrogens (tertiary/aromatic N) is 1. The fourth-order valence-corrected chi connectivity index (χ4v) is 3.31. The highest BCUT2D eigenvalue weighted by atomic mass is 32.3. The van der Waals surface area contributed by atoms with Crippen LogP contribution >= 0.6 is 0 Å². The van der Waals surface area contributed by atoms with Crippen molar-refractivity contribution in [3.63, 3.8) is 0 Å². The van der Waals surface area contributed by atoms with Gasteiger partial charge in [-0.25, -0.2) is 0 Å². The van der Waals surface area contributed by atoms with Crippen LogP contribution in [0.5, 0.6) is 0 Å². The van der Waals surface area contributed by atoms with Gasteiger partial charge in [0.05, 0.1) is 9.82 Å². The molecule has 31 heavy (non-hydrogen) atoms. The Labute approximate surface area is 178 Å². The normalized spacial score (nSPS) is 11.7. The van der Waals surface area contributed by atoms with Gasteiger partial charge in [0.1, 0.15) is 0 Å². The van der Waals surface area contributed by atoms with Crippen LogP contribution in [-0.4, -0.2) is 19.2 Å². The molecular formula is C22H17FN2O5S. The summed E-state index contributed by atoms with van der Waals surface area (Å²) in [6.45, 7) is 1.88. The molecule has 0 unspecified atom stereocenters. The maximum absolute atomic E-state index is 13.1. The topological polar surface area (TPSA) is 106 Å². The first-order chi connectivity index (χ1) is 14.6. The molecule has 1 amide bonds. The smallest absolute Gasteiger partial charge is 0.322 e. The molecule has 0 aromatic heterocycles. The zero-order valence-electron chi connectivity index (χ0n) is 16.3. The van der Waals surface area contributed by atoms with Crippen LogP contribution in [0.3, 0.4) is 0 Å². The molecule has 9 heteroatoms. The Bertz CT molecular complexity index is 1270. The van der Waals surface area contributed by atoms with E-state index >= 15 is 0 Å². The minimum atomic E-state index is -4.83. The summed E-state index contributed by atoms with van der Waals surface area (Å²) in [5, 5.41) is 13.5. The summed E-state index contributed by atoms with van der Waals surface area (Å²) >= 11 is 0. The number of hydrogen-bond donors (Lipinski definition) is 1. The summed E-state index contributed by atoms with van der Waals surface area (Å²) in [7, 11) is -4.83. The predicted octanol–water partition coefficient (Wildman–Crippen LogP) is 4.74. The van der Waals surface area contributed by atoms with Crippen LogP contribution in [0, 0.1) is 17.0 Å². The van der Waals surface area contributed by atoms with Crippen LogP contribution < -0.4 is 5.32 Å². The number of benzene rings is 3. The van der Waals surface area contributed by atoms with E-state index in [-0.39, 0.29) is 11.4 Å². The Balaban J connectivity index is 1.96. The molecule has 0 spiro atoms. The second kappa shape index (κ2) is 8.88. The van der Waals surface area contributed by atoms with Crippen LogP contribution in [0.1, 0.15) is 16.7 Å². The van der Waals surface area contributed by atoms with Crippen molar-refractivity contribution >= 4 is 39.2 Å². The summed E-state index contributed by atoms with van der Waals surface area (Å²) in [6.07, 6.45) is 1.59. The standard InChI is InChI=1S/C22H17FN2O5S/c1-15-3-2-4-17(13-15)21(14-16-5-9-19(10-6-16)25(27)28)22(26)24-18-7-11-20(12-8-18)31(23,29)30/h2-14H,1H3,(H,24,26)/b21-14+. The monoisotopic (exact) mass is 440 g/mol. The third kappa shape index (κ3) is 5.61. The molecule has 0 aliphatic carbocycles. The van der Waals surface area contributed by atoms with Gasteiger partial charge in [0.2, 0.25) is 0 Å². The van der Waals surface area contributed by atoms with Crippen molar-refractivity contribution < 1.29 is 22.0 Å². The molecular weight excluding hydrogens is 423 g/mol. The highest BCUT2D eigenvalue weighted by Crippen LogP contribution is 2.24. The first kappa shape index (κ1) is 21.8. The molecule has 158 valence electrons. The molecule has 0 aliphatic heterocycles. The maximum Gasteiger partial charge on any atom is 0.332 e. The van der Waals surface area contributed by atoms with Gasteiger partial charge in [0.25, 0.3) is 11.6 Å². The van der Waals surface area contributed by atoms with Gasteiger partial charge >= 0.3 is 10.2 Å². The van der Waals surface area contributed by atoms with Crippen molar-refractivity contribution in [1.82, 2.24) is 0 Å². The van der Waals surface area contributed by atoms with Crippen LogP contribution in [-0.2, 0) is 15.0 Å². The van der Waals surface area contributed by atoms with Crippen LogP contribution in [0.15, 0.2) is 77.7 Å². The van der Waals surface area contributed by atoms with E-state index in [0.717, 1.165) is 17.7 Å². The summed E-state index contributed by atoms with van der Waals surface area (Å²) in [5.41, 5.74) is 2.63. The number of hydrogen-bond acceptors (Lipinski definition) is 5. The number of carbonyl (C=O) groups is 1. The van der Waals surface area contributed by atoms with Crippen molar-refractivity contribution in [3.05, 3.63) is 99.6 Å². The fraction of sp³-hybridized carbons (Fsp3) is 0.0455.